The van der Waals surface area contributed by atoms with Gasteiger partial charge in [-0.05, 0) is 30.3 Å². The van der Waals surface area contributed by atoms with Crippen LogP contribution in [0.2, 0.25) is 0 Å². The number of rotatable bonds is 2. The third kappa shape index (κ3) is 3.72. The molecule has 0 aliphatic carbocycles. The second kappa shape index (κ2) is 7.14. The molecule has 0 atom stereocenters. The summed E-state index contributed by atoms with van der Waals surface area (Å²) in [5.41, 5.74) is 5.77. The molecule has 1 aliphatic heterocycles. The van der Waals surface area contributed by atoms with Gasteiger partial charge in [-0.3, -0.25) is 30.2 Å². The number of carbonyl (C=O) groups excluding carboxylic acids is 3. The van der Waals surface area contributed by atoms with Crippen molar-refractivity contribution in [2.75, 3.05) is 11.1 Å². The average Bonchev–Trinajstić information content (AvgIpc) is 2.79. The van der Waals surface area contributed by atoms with E-state index < -0.39 is 11.8 Å². The quantitative estimate of drug-likeness (QED) is 0.720. The molecule has 3 N–H and O–H groups in total. The number of anilines is 1. The first kappa shape index (κ1) is 16.0. The van der Waals surface area contributed by atoms with Crippen molar-refractivity contribution in [3.8, 4) is 0 Å². The molecular weight excluding hydrogens is 328 g/mol. The Labute approximate surface area is 142 Å². The number of hydrogen-bond acceptors (Lipinski definition) is 5. The fourth-order valence-electron chi connectivity index (χ4n) is 2.11. The summed E-state index contributed by atoms with van der Waals surface area (Å²) in [6.45, 7) is 0. The molecule has 1 aliphatic rings. The van der Waals surface area contributed by atoms with Gasteiger partial charge in [-0.1, -0.05) is 6.07 Å². The molecule has 122 valence electrons. The summed E-state index contributed by atoms with van der Waals surface area (Å²) in [4.78, 5) is 40.4. The number of hydrogen-bond donors (Lipinski definition) is 3. The van der Waals surface area contributed by atoms with E-state index >= 15 is 0 Å². The van der Waals surface area contributed by atoms with Gasteiger partial charge in [0, 0.05) is 28.8 Å². The van der Waals surface area contributed by atoms with Gasteiger partial charge in [-0.15, -0.1) is 11.8 Å². The highest BCUT2D eigenvalue weighted by atomic mass is 32.2. The van der Waals surface area contributed by atoms with Crippen molar-refractivity contribution in [1.29, 1.82) is 0 Å². The molecule has 0 spiro atoms. The maximum atomic E-state index is 12.2. The smallest absolute Gasteiger partial charge is 0.288 e. The highest BCUT2D eigenvalue weighted by Gasteiger charge is 2.16. The molecule has 0 unspecified atom stereocenters. The van der Waals surface area contributed by atoms with E-state index in [1.807, 2.05) is 0 Å². The molecule has 24 heavy (non-hydrogen) atoms. The molecule has 1 aromatic carbocycles. The van der Waals surface area contributed by atoms with E-state index in [1.165, 1.54) is 12.3 Å². The average molecular weight is 342 g/mol. The summed E-state index contributed by atoms with van der Waals surface area (Å²) < 4.78 is 0. The Morgan fingerprint density at radius 1 is 1.12 bits per heavy atom. The summed E-state index contributed by atoms with van der Waals surface area (Å²) >= 11 is 1.56. The van der Waals surface area contributed by atoms with E-state index in [2.05, 4.69) is 21.2 Å². The van der Waals surface area contributed by atoms with Crippen LogP contribution in [-0.4, -0.2) is 28.5 Å². The van der Waals surface area contributed by atoms with E-state index in [0.29, 0.717) is 23.4 Å². The number of nitrogens with zero attached hydrogens (tertiary/aromatic N) is 1. The van der Waals surface area contributed by atoms with Crippen molar-refractivity contribution in [2.24, 2.45) is 0 Å². The van der Waals surface area contributed by atoms with Crippen LogP contribution in [0.25, 0.3) is 0 Å². The van der Waals surface area contributed by atoms with Gasteiger partial charge < -0.3 is 5.32 Å². The second-order valence-electron chi connectivity index (χ2n) is 4.98. The lowest BCUT2D eigenvalue weighted by Gasteiger charge is -2.10. The summed E-state index contributed by atoms with van der Waals surface area (Å²) in [5.74, 6) is -0.375. The molecule has 0 fully saturated rings. The maximum absolute atomic E-state index is 12.2. The molecule has 0 radical (unpaired) electrons. The van der Waals surface area contributed by atoms with Gasteiger partial charge in [0.25, 0.3) is 11.8 Å². The molecule has 0 bridgehead atoms. The highest BCUT2D eigenvalue weighted by molar-refractivity contribution is 7.99. The minimum atomic E-state index is -0.512. The Morgan fingerprint density at radius 3 is 2.75 bits per heavy atom. The molecule has 0 saturated heterocycles. The molecule has 1 aromatic heterocycles. The van der Waals surface area contributed by atoms with E-state index in [4.69, 9.17) is 0 Å². The molecule has 8 heteroatoms. The first-order valence-corrected chi connectivity index (χ1v) is 8.20. The standard InChI is InChI=1S/C16H14N4O3S/c21-14-6-8-24-13-5-4-10(9-12(13)18-14)15(22)19-20-16(23)11-3-1-2-7-17-11/h1-5,7,9H,6,8H2,(H,18,21)(H,19,22)(H,20,23). The molecule has 7 nitrogen and oxygen atoms in total. The first-order valence-electron chi connectivity index (χ1n) is 7.22. The van der Waals surface area contributed by atoms with Crippen LogP contribution in [-0.2, 0) is 4.79 Å². The van der Waals surface area contributed by atoms with Crippen LogP contribution < -0.4 is 16.2 Å². The number of pyridine rings is 1. The maximum Gasteiger partial charge on any atom is 0.288 e. The van der Waals surface area contributed by atoms with Crippen LogP contribution in [0.4, 0.5) is 5.69 Å². The third-order valence-electron chi connectivity index (χ3n) is 3.29. The number of hydrazine groups is 1. The zero-order valence-corrected chi connectivity index (χ0v) is 13.4. The summed E-state index contributed by atoms with van der Waals surface area (Å²) in [5, 5.41) is 2.77. The lowest BCUT2D eigenvalue weighted by molar-refractivity contribution is -0.115. The zero-order chi connectivity index (χ0) is 16.9. The van der Waals surface area contributed by atoms with Crippen molar-refractivity contribution < 1.29 is 14.4 Å². The number of carbonyl (C=O) groups is 3. The lowest BCUT2D eigenvalue weighted by Crippen LogP contribution is -2.41. The molecule has 2 heterocycles. The SMILES string of the molecule is O=C1CCSc2ccc(C(=O)NNC(=O)c3ccccn3)cc2N1. The van der Waals surface area contributed by atoms with Gasteiger partial charge in [0.1, 0.15) is 5.69 Å². The fraction of sp³-hybridized carbons (Fsp3) is 0.125. The largest absolute Gasteiger partial charge is 0.325 e. The predicted octanol–water partition coefficient (Wildman–Crippen LogP) is 1.59. The minimum Gasteiger partial charge on any atom is -0.325 e. The number of amides is 3. The van der Waals surface area contributed by atoms with Gasteiger partial charge in [0.05, 0.1) is 5.69 Å². The minimum absolute atomic E-state index is 0.0812. The van der Waals surface area contributed by atoms with Crippen LogP contribution >= 0.6 is 11.8 Å². The number of fused-ring (bicyclic) bond motifs is 1. The van der Waals surface area contributed by atoms with Crippen molar-refractivity contribution in [1.82, 2.24) is 15.8 Å². The monoisotopic (exact) mass is 342 g/mol. The number of thioether (sulfide) groups is 1. The van der Waals surface area contributed by atoms with Gasteiger partial charge in [-0.2, -0.15) is 0 Å². The van der Waals surface area contributed by atoms with Crippen molar-refractivity contribution >= 4 is 35.2 Å². The Balaban J connectivity index is 1.67. The lowest BCUT2D eigenvalue weighted by atomic mass is 10.2. The fourth-order valence-corrected chi connectivity index (χ4v) is 3.05. The van der Waals surface area contributed by atoms with Crippen LogP contribution in [0.1, 0.15) is 27.3 Å². The van der Waals surface area contributed by atoms with Gasteiger partial charge in [-0.25, -0.2) is 0 Å². The zero-order valence-electron chi connectivity index (χ0n) is 12.5. The van der Waals surface area contributed by atoms with Crippen molar-refractivity contribution in [3.63, 3.8) is 0 Å². The van der Waals surface area contributed by atoms with Crippen LogP contribution in [0.5, 0.6) is 0 Å². The normalized spacial score (nSPS) is 13.2. The topological polar surface area (TPSA) is 100 Å². The molecular formula is C16H14N4O3S. The van der Waals surface area contributed by atoms with Crippen LogP contribution in [0.15, 0.2) is 47.5 Å². The number of nitrogens with one attached hydrogen (secondary N) is 3. The van der Waals surface area contributed by atoms with E-state index in [9.17, 15) is 14.4 Å². The van der Waals surface area contributed by atoms with E-state index in [-0.39, 0.29) is 11.6 Å². The van der Waals surface area contributed by atoms with E-state index in [0.717, 1.165) is 4.90 Å². The van der Waals surface area contributed by atoms with Crippen LogP contribution in [0, 0.1) is 0 Å². The molecule has 3 rings (SSSR count). The molecule has 0 saturated carbocycles. The summed E-state index contributed by atoms with van der Waals surface area (Å²) in [6.07, 6.45) is 1.92. The highest BCUT2D eigenvalue weighted by Crippen LogP contribution is 2.31. The molecule has 3 amide bonds. The Hall–Kier alpha value is -2.87. The summed E-state index contributed by atoms with van der Waals surface area (Å²) in [7, 11) is 0. The van der Waals surface area contributed by atoms with E-state index in [1.54, 1.807) is 42.1 Å². The van der Waals surface area contributed by atoms with Gasteiger partial charge >= 0.3 is 0 Å². The summed E-state index contributed by atoms with van der Waals surface area (Å²) in [6, 6.07) is 9.92. The Kier molecular flexibility index (Phi) is 4.76. The predicted molar refractivity (Wildman–Crippen MR) is 89.6 cm³/mol. The van der Waals surface area contributed by atoms with Crippen LogP contribution in [0.3, 0.4) is 0 Å². The molecule has 2 aromatic rings. The number of aromatic nitrogens is 1. The Morgan fingerprint density at radius 2 is 1.96 bits per heavy atom. The Bertz CT molecular complexity index is 795. The van der Waals surface area contributed by atoms with Gasteiger partial charge in [0.15, 0.2) is 0 Å². The second-order valence-corrected chi connectivity index (χ2v) is 6.12. The van der Waals surface area contributed by atoms with Crippen molar-refractivity contribution in [3.05, 3.63) is 53.9 Å². The first-order chi connectivity index (χ1) is 11.6. The van der Waals surface area contributed by atoms with Crippen molar-refractivity contribution in [2.45, 2.75) is 11.3 Å². The number of benzene rings is 1. The third-order valence-corrected chi connectivity index (χ3v) is 4.36. The van der Waals surface area contributed by atoms with Gasteiger partial charge in [0.2, 0.25) is 5.91 Å².